The van der Waals surface area contributed by atoms with E-state index in [0.717, 1.165) is 18.7 Å². The van der Waals surface area contributed by atoms with Crippen molar-refractivity contribution in [3.8, 4) is 5.75 Å². The molecule has 1 aliphatic heterocycles. The smallest absolute Gasteiger partial charge is 0.123 e. The van der Waals surface area contributed by atoms with E-state index >= 15 is 0 Å². The quantitative estimate of drug-likeness (QED) is 0.772. The highest BCUT2D eigenvalue weighted by Crippen LogP contribution is 2.26. The molecule has 2 unspecified atom stereocenters. The number of aliphatic hydroxyl groups is 1. The van der Waals surface area contributed by atoms with Gasteiger partial charge in [0, 0.05) is 30.8 Å². The van der Waals surface area contributed by atoms with E-state index in [9.17, 15) is 0 Å². The molecule has 4 nitrogen and oxygen atoms in total. The molecule has 2 N–H and O–H groups in total. The molecule has 1 fully saturated rings. The molecule has 1 aliphatic rings. The number of ether oxygens (including phenoxy) is 1. The van der Waals surface area contributed by atoms with Crippen LogP contribution in [0.4, 0.5) is 0 Å². The normalized spacial score (nSPS) is 18.6. The van der Waals surface area contributed by atoms with Crippen molar-refractivity contribution >= 4 is 0 Å². The molecule has 0 aliphatic carbocycles. The Balaban J connectivity index is 2.07. The summed E-state index contributed by atoms with van der Waals surface area (Å²) in [6, 6.07) is 7.08. The summed E-state index contributed by atoms with van der Waals surface area (Å²) < 4.78 is 5.56. The van der Waals surface area contributed by atoms with E-state index in [1.807, 2.05) is 0 Å². The van der Waals surface area contributed by atoms with Crippen molar-refractivity contribution in [3.05, 3.63) is 29.3 Å². The molecule has 2 atom stereocenters. The van der Waals surface area contributed by atoms with Crippen LogP contribution in [-0.2, 0) is 6.54 Å². The monoisotopic (exact) mass is 320 g/mol. The highest BCUT2D eigenvalue weighted by molar-refractivity contribution is 5.38. The van der Waals surface area contributed by atoms with Gasteiger partial charge in [-0.25, -0.2) is 0 Å². The Kier molecular flexibility index (Phi) is 7.34. The summed E-state index contributed by atoms with van der Waals surface area (Å²) >= 11 is 0. The molecule has 0 spiro atoms. The van der Waals surface area contributed by atoms with Crippen molar-refractivity contribution in [3.63, 3.8) is 0 Å². The molecule has 0 saturated carbocycles. The van der Waals surface area contributed by atoms with Crippen LogP contribution in [0.1, 0.15) is 56.7 Å². The van der Waals surface area contributed by atoms with Crippen LogP contribution in [0.5, 0.6) is 5.75 Å². The first-order chi connectivity index (χ1) is 11.1. The van der Waals surface area contributed by atoms with Crippen molar-refractivity contribution < 1.29 is 9.84 Å². The minimum absolute atomic E-state index is 0.226. The van der Waals surface area contributed by atoms with Gasteiger partial charge in [0.2, 0.25) is 0 Å². The fraction of sp³-hybridized carbons (Fsp3) is 0.684. The molecule has 2 rings (SSSR count). The van der Waals surface area contributed by atoms with Gasteiger partial charge in [0.05, 0.1) is 7.11 Å². The second-order valence-corrected chi connectivity index (χ2v) is 6.71. The summed E-state index contributed by atoms with van der Waals surface area (Å²) in [5.41, 5.74) is 2.55. The van der Waals surface area contributed by atoms with E-state index < -0.39 is 0 Å². The molecule has 0 amide bonds. The summed E-state index contributed by atoms with van der Waals surface area (Å²) in [4.78, 5) is 2.53. The van der Waals surface area contributed by atoms with Gasteiger partial charge in [0.25, 0.3) is 0 Å². The SMILES string of the molecule is COc1ccc(C(C)NC(C)CCO)cc1CN1CCCCC1. The number of aliphatic hydroxyl groups excluding tert-OH is 1. The third-order valence-corrected chi connectivity index (χ3v) is 4.74. The fourth-order valence-electron chi connectivity index (χ4n) is 3.35. The zero-order valence-corrected chi connectivity index (χ0v) is 14.8. The molecule has 23 heavy (non-hydrogen) atoms. The van der Waals surface area contributed by atoms with E-state index in [2.05, 4.69) is 42.3 Å². The number of likely N-dealkylation sites (tertiary alicyclic amines) is 1. The van der Waals surface area contributed by atoms with Gasteiger partial charge in [-0.15, -0.1) is 0 Å². The van der Waals surface area contributed by atoms with Crippen LogP contribution in [-0.4, -0.2) is 42.9 Å². The average molecular weight is 320 g/mol. The maximum atomic E-state index is 9.05. The topological polar surface area (TPSA) is 44.7 Å². The Hall–Kier alpha value is -1.10. The lowest BCUT2D eigenvalue weighted by Gasteiger charge is -2.28. The first-order valence-electron chi connectivity index (χ1n) is 8.90. The Morgan fingerprint density at radius 3 is 2.61 bits per heavy atom. The highest BCUT2D eigenvalue weighted by Gasteiger charge is 2.16. The van der Waals surface area contributed by atoms with Gasteiger partial charge in [0.15, 0.2) is 0 Å². The molecule has 1 heterocycles. The van der Waals surface area contributed by atoms with Gasteiger partial charge in [-0.05, 0) is 63.9 Å². The van der Waals surface area contributed by atoms with Crippen molar-refractivity contribution in [1.82, 2.24) is 10.2 Å². The molecular formula is C19H32N2O2. The van der Waals surface area contributed by atoms with Crippen LogP contribution in [0.15, 0.2) is 18.2 Å². The van der Waals surface area contributed by atoms with Crippen molar-refractivity contribution in [2.45, 2.75) is 58.2 Å². The molecular weight excluding hydrogens is 288 g/mol. The number of hydrogen-bond donors (Lipinski definition) is 2. The Morgan fingerprint density at radius 2 is 1.96 bits per heavy atom. The lowest BCUT2D eigenvalue weighted by molar-refractivity contribution is 0.218. The first-order valence-corrected chi connectivity index (χ1v) is 8.90. The third kappa shape index (κ3) is 5.48. The second kappa shape index (κ2) is 9.26. The number of benzene rings is 1. The van der Waals surface area contributed by atoms with Gasteiger partial charge in [-0.1, -0.05) is 12.5 Å². The van der Waals surface area contributed by atoms with Crippen LogP contribution < -0.4 is 10.1 Å². The number of methoxy groups -OCH3 is 1. The predicted molar refractivity (Wildman–Crippen MR) is 94.8 cm³/mol. The lowest BCUT2D eigenvalue weighted by Crippen LogP contribution is -2.30. The average Bonchev–Trinajstić information content (AvgIpc) is 2.56. The number of nitrogens with one attached hydrogen (secondary N) is 1. The van der Waals surface area contributed by atoms with E-state index in [-0.39, 0.29) is 12.6 Å². The molecule has 0 radical (unpaired) electrons. The molecule has 130 valence electrons. The van der Waals surface area contributed by atoms with Crippen molar-refractivity contribution in [2.24, 2.45) is 0 Å². The highest BCUT2D eigenvalue weighted by atomic mass is 16.5. The zero-order chi connectivity index (χ0) is 16.7. The van der Waals surface area contributed by atoms with Gasteiger partial charge < -0.3 is 15.2 Å². The van der Waals surface area contributed by atoms with Crippen molar-refractivity contribution in [1.29, 1.82) is 0 Å². The Bertz CT molecular complexity index is 472. The Morgan fingerprint density at radius 1 is 1.22 bits per heavy atom. The third-order valence-electron chi connectivity index (χ3n) is 4.74. The summed E-state index contributed by atoms with van der Waals surface area (Å²) in [7, 11) is 1.75. The van der Waals surface area contributed by atoms with Crippen LogP contribution in [0, 0.1) is 0 Å². The van der Waals surface area contributed by atoms with Gasteiger partial charge in [-0.3, -0.25) is 4.90 Å². The maximum Gasteiger partial charge on any atom is 0.123 e. The first kappa shape index (κ1) is 18.2. The predicted octanol–water partition coefficient (Wildman–Crippen LogP) is 3.10. The molecule has 0 aromatic heterocycles. The van der Waals surface area contributed by atoms with Crippen LogP contribution in [0.25, 0.3) is 0 Å². The number of rotatable bonds is 8. The summed E-state index contributed by atoms with van der Waals surface area (Å²) in [6.07, 6.45) is 4.75. The minimum Gasteiger partial charge on any atom is -0.496 e. The Labute approximate surface area is 140 Å². The van der Waals surface area contributed by atoms with Crippen LogP contribution in [0.2, 0.25) is 0 Å². The largest absolute Gasteiger partial charge is 0.496 e. The van der Waals surface area contributed by atoms with Gasteiger partial charge >= 0.3 is 0 Å². The maximum absolute atomic E-state index is 9.05. The summed E-state index contributed by atoms with van der Waals surface area (Å²) in [5, 5.41) is 12.6. The van der Waals surface area contributed by atoms with Gasteiger partial charge in [-0.2, -0.15) is 0 Å². The van der Waals surface area contributed by atoms with E-state index in [4.69, 9.17) is 9.84 Å². The standard InChI is InChI=1S/C19H32N2O2/c1-15(9-12-22)20-16(2)17-7-8-19(23-3)18(13-17)14-21-10-5-4-6-11-21/h7-8,13,15-16,20,22H,4-6,9-12,14H2,1-3H3. The summed E-state index contributed by atoms with van der Waals surface area (Å²) in [5.74, 6) is 0.981. The molecule has 0 bridgehead atoms. The number of piperidine rings is 1. The minimum atomic E-state index is 0.226. The molecule has 1 aromatic rings. The van der Waals surface area contributed by atoms with Gasteiger partial charge in [0.1, 0.15) is 5.75 Å². The summed E-state index contributed by atoms with van der Waals surface area (Å²) in [6.45, 7) is 7.87. The number of nitrogens with zero attached hydrogens (tertiary/aromatic N) is 1. The van der Waals surface area contributed by atoms with E-state index in [1.165, 1.54) is 43.5 Å². The van der Waals surface area contributed by atoms with Crippen LogP contribution >= 0.6 is 0 Å². The molecule has 1 aromatic carbocycles. The zero-order valence-electron chi connectivity index (χ0n) is 14.8. The lowest BCUT2D eigenvalue weighted by atomic mass is 10.0. The van der Waals surface area contributed by atoms with E-state index in [1.54, 1.807) is 7.11 Å². The molecule has 4 heteroatoms. The van der Waals surface area contributed by atoms with Crippen LogP contribution in [0.3, 0.4) is 0 Å². The second-order valence-electron chi connectivity index (χ2n) is 6.71. The van der Waals surface area contributed by atoms with E-state index in [0.29, 0.717) is 6.04 Å². The molecule has 1 saturated heterocycles. The number of hydrogen-bond acceptors (Lipinski definition) is 4. The fourth-order valence-corrected chi connectivity index (χ4v) is 3.35. The van der Waals surface area contributed by atoms with Crippen molar-refractivity contribution in [2.75, 3.05) is 26.8 Å².